The van der Waals surface area contributed by atoms with Crippen LogP contribution < -0.4 is 5.32 Å². The Bertz CT molecular complexity index is 950. The minimum atomic E-state index is -0.619. The lowest BCUT2D eigenvalue weighted by atomic mass is 10.0. The molecule has 146 valence electrons. The van der Waals surface area contributed by atoms with Crippen molar-refractivity contribution < 1.29 is 13.6 Å². The molecule has 5 nitrogen and oxygen atoms in total. The lowest BCUT2D eigenvalue weighted by Crippen LogP contribution is -2.35. The van der Waals surface area contributed by atoms with Gasteiger partial charge in [0.1, 0.15) is 11.6 Å². The molecule has 0 aliphatic heterocycles. The van der Waals surface area contributed by atoms with E-state index in [4.69, 9.17) is 0 Å². The van der Waals surface area contributed by atoms with Crippen molar-refractivity contribution in [3.63, 3.8) is 0 Å². The zero-order valence-corrected chi connectivity index (χ0v) is 16.0. The molecule has 0 fully saturated rings. The minimum absolute atomic E-state index is 0.0181. The Morgan fingerprint density at radius 1 is 1.11 bits per heavy atom. The molecule has 0 aliphatic carbocycles. The minimum Gasteiger partial charge on any atom is -0.349 e. The summed E-state index contributed by atoms with van der Waals surface area (Å²) in [5.41, 5.74) is 1.10. The van der Waals surface area contributed by atoms with Crippen molar-refractivity contribution in [1.82, 2.24) is 20.1 Å². The lowest BCUT2D eigenvalue weighted by molar-refractivity contribution is 0.0938. The van der Waals surface area contributed by atoms with Crippen molar-refractivity contribution in [1.29, 1.82) is 0 Å². The van der Waals surface area contributed by atoms with Crippen LogP contribution in [0.3, 0.4) is 0 Å². The average molecular weight is 384 g/mol. The maximum atomic E-state index is 13.9. The van der Waals surface area contributed by atoms with Crippen LogP contribution in [0, 0.1) is 11.6 Å². The summed E-state index contributed by atoms with van der Waals surface area (Å²) in [6, 6.07) is 8.74. The Balaban J connectivity index is 1.82. The van der Waals surface area contributed by atoms with Gasteiger partial charge in [-0.2, -0.15) is 5.10 Å². The van der Waals surface area contributed by atoms with E-state index >= 15 is 0 Å². The first-order valence-electron chi connectivity index (χ1n) is 9.11. The van der Waals surface area contributed by atoms with E-state index in [0.29, 0.717) is 11.4 Å². The van der Waals surface area contributed by atoms with Crippen LogP contribution in [-0.2, 0) is 6.42 Å². The maximum absolute atomic E-state index is 13.9. The topological polar surface area (TPSA) is 59.8 Å². The van der Waals surface area contributed by atoms with Gasteiger partial charge in [0.25, 0.3) is 5.91 Å². The molecule has 0 spiro atoms. The van der Waals surface area contributed by atoms with Gasteiger partial charge in [0.2, 0.25) is 0 Å². The highest BCUT2D eigenvalue weighted by Gasteiger charge is 2.23. The van der Waals surface area contributed by atoms with Gasteiger partial charge in [-0.25, -0.2) is 18.4 Å². The number of hydrogen-bond donors (Lipinski definition) is 1. The summed E-state index contributed by atoms with van der Waals surface area (Å²) in [6.07, 6.45) is 3.21. The fraction of sp³-hybridized carbons (Fsp3) is 0.286. The van der Waals surface area contributed by atoms with Crippen molar-refractivity contribution in [2.24, 2.45) is 0 Å². The van der Waals surface area contributed by atoms with Gasteiger partial charge in [-0.05, 0) is 43.5 Å². The van der Waals surface area contributed by atoms with Gasteiger partial charge in [0, 0.05) is 17.8 Å². The van der Waals surface area contributed by atoms with E-state index in [2.05, 4.69) is 15.4 Å². The fourth-order valence-electron chi connectivity index (χ4n) is 3.14. The van der Waals surface area contributed by atoms with Crippen LogP contribution in [-0.4, -0.2) is 26.7 Å². The number of carbonyl (C=O) groups is 1. The first kappa shape index (κ1) is 19.7. The molecule has 2 aromatic heterocycles. The van der Waals surface area contributed by atoms with Gasteiger partial charge in [-0.3, -0.25) is 4.79 Å². The summed E-state index contributed by atoms with van der Waals surface area (Å²) < 4.78 is 29.4. The number of halogens is 2. The van der Waals surface area contributed by atoms with Gasteiger partial charge in [-0.15, -0.1) is 0 Å². The van der Waals surface area contributed by atoms with Gasteiger partial charge in [0.15, 0.2) is 5.82 Å². The van der Waals surface area contributed by atoms with Crippen LogP contribution in [0.25, 0.3) is 5.82 Å². The van der Waals surface area contributed by atoms with Crippen molar-refractivity contribution in [2.75, 3.05) is 0 Å². The molecule has 0 bridgehead atoms. The number of amides is 1. The number of pyridine rings is 1. The zero-order chi connectivity index (χ0) is 20.3. The summed E-state index contributed by atoms with van der Waals surface area (Å²) in [5, 5.41) is 7.13. The average Bonchev–Trinajstić information content (AvgIpc) is 3.11. The Morgan fingerprint density at radius 2 is 1.82 bits per heavy atom. The molecule has 7 heteroatoms. The number of aromatic nitrogens is 3. The maximum Gasteiger partial charge on any atom is 0.255 e. The monoisotopic (exact) mass is 384 g/mol. The molecule has 2 heterocycles. The Morgan fingerprint density at radius 3 is 2.43 bits per heavy atom. The number of nitrogens with zero attached hydrogens (tertiary/aromatic N) is 3. The molecule has 1 atom stereocenters. The van der Waals surface area contributed by atoms with Crippen LogP contribution in [0.1, 0.15) is 48.3 Å². The van der Waals surface area contributed by atoms with Crippen LogP contribution in [0.15, 0.2) is 48.8 Å². The smallest absolute Gasteiger partial charge is 0.255 e. The predicted molar refractivity (Wildman–Crippen MR) is 102 cm³/mol. The molecular weight excluding hydrogens is 362 g/mol. The van der Waals surface area contributed by atoms with Crippen molar-refractivity contribution in [3.8, 4) is 5.82 Å². The second kappa shape index (κ2) is 8.29. The highest BCUT2D eigenvalue weighted by Crippen LogP contribution is 2.22. The van der Waals surface area contributed by atoms with Gasteiger partial charge in [0.05, 0.1) is 17.5 Å². The molecule has 1 amide bonds. The van der Waals surface area contributed by atoms with Gasteiger partial charge < -0.3 is 5.32 Å². The quantitative estimate of drug-likeness (QED) is 0.698. The van der Waals surface area contributed by atoms with Crippen LogP contribution in [0.5, 0.6) is 0 Å². The molecule has 1 N–H and O–H groups in total. The highest BCUT2D eigenvalue weighted by molar-refractivity contribution is 5.95. The van der Waals surface area contributed by atoms with Crippen molar-refractivity contribution in [3.05, 3.63) is 77.2 Å². The van der Waals surface area contributed by atoms with E-state index in [1.807, 2.05) is 26.0 Å². The Hall–Kier alpha value is -3.09. The van der Waals surface area contributed by atoms with Gasteiger partial charge in [-0.1, -0.05) is 26.0 Å². The molecule has 0 saturated carbocycles. The first-order valence-corrected chi connectivity index (χ1v) is 9.11. The summed E-state index contributed by atoms with van der Waals surface area (Å²) in [5.74, 6) is -0.940. The molecule has 0 radical (unpaired) electrons. The molecule has 3 rings (SSSR count). The van der Waals surface area contributed by atoms with Crippen molar-refractivity contribution >= 4 is 5.91 Å². The standard InChI is InChI=1S/C21H22F2N4O/c1-13(2)20-16(12-25-27(20)19-9-4-5-10-24-19)21(28)26-14(3)11-15-17(22)7-6-8-18(15)23/h4-10,12-14H,11H2,1-3H3,(H,26,28). The largest absolute Gasteiger partial charge is 0.349 e. The lowest BCUT2D eigenvalue weighted by Gasteiger charge is -2.16. The number of carbonyl (C=O) groups excluding carboxylic acids is 1. The molecule has 28 heavy (non-hydrogen) atoms. The van der Waals surface area contributed by atoms with E-state index in [0.717, 1.165) is 5.69 Å². The Labute approximate surface area is 162 Å². The second-order valence-corrected chi connectivity index (χ2v) is 6.98. The summed E-state index contributed by atoms with van der Waals surface area (Å²) in [6.45, 7) is 5.64. The second-order valence-electron chi connectivity index (χ2n) is 6.98. The molecule has 0 saturated heterocycles. The summed E-state index contributed by atoms with van der Waals surface area (Å²) in [7, 11) is 0. The molecular formula is C21H22F2N4O. The van der Waals surface area contributed by atoms with E-state index < -0.39 is 17.7 Å². The fourth-order valence-corrected chi connectivity index (χ4v) is 3.14. The zero-order valence-electron chi connectivity index (χ0n) is 16.0. The predicted octanol–water partition coefficient (Wildman–Crippen LogP) is 4.03. The molecule has 1 aromatic carbocycles. The van der Waals surface area contributed by atoms with E-state index in [1.165, 1.54) is 24.4 Å². The van der Waals surface area contributed by atoms with Crippen molar-refractivity contribution in [2.45, 2.75) is 39.2 Å². The van der Waals surface area contributed by atoms with Crippen LogP contribution >= 0.6 is 0 Å². The first-order chi connectivity index (χ1) is 13.4. The molecule has 0 aliphatic rings. The highest BCUT2D eigenvalue weighted by atomic mass is 19.1. The third-order valence-corrected chi connectivity index (χ3v) is 4.41. The van der Waals surface area contributed by atoms with Gasteiger partial charge >= 0.3 is 0 Å². The van der Waals surface area contributed by atoms with Crippen LogP contribution in [0.2, 0.25) is 0 Å². The summed E-state index contributed by atoms with van der Waals surface area (Å²) in [4.78, 5) is 17.1. The molecule has 1 unspecified atom stereocenters. The molecule has 3 aromatic rings. The number of benzene rings is 1. The normalized spacial score (nSPS) is 12.2. The summed E-state index contributed by atoms with van der Waals surface area (Å²) >= 11 is 0. The number of rotatable bonds is 6. The van der Waals surface area contributed by atoms with Crippen LogP contribution in [0.4, 0.5) is 8.78 Å². The third kappa shape index (κ3) is 4.08. The van der Waals surface area contributed by atoms with E-state index in [9.17, 15) is 13.6 Å². The number of nitrogens with one attached hydrogen (secondary N) is 1. The third-order valence-electron chi connectivity index (χ3n) is 4.41. The SMILES string of the molecule is CC(Cc1c(F)cccc1F)NC(=O)c1cnn(-c2ccccn2)c1C(C)C. The van der Waals surface area contributed by atoms with E-state index in [-0.39, 0.29) is 23.8 Å². The Kier molecular flexibility index (Phi) is 5.82. The number of hydrogen-bond acceptors (Lipinski definition) is 3. The van der Waals surface area contributed by atoms with E-state index in [1.54, 1.807) is 23.9 Å².